The van der Waals surface area contributed by atoms with E-state index in [1.54, 1.807) is 166 Å². The second-order valence-corrected chi connectivity index (χ2v) is 36.8. The molecule has 0 bridgehead atoms. The maximum atomic E-state index is 11.9. The normalized spacial score (nSPS) is 12.8. The molecule has 147 heavy (non-hydrogen) atoms. The van der Waals surface area contributed by atoms with E-state index >= 15 is 0 Å². The minimum atomic E-state index is -0.764. The molecule has 0 amide bonds. The minimum Gasteiger partial charge on any atom is -0.468 e. The highest BCUT2D eigenvalue weighted by atomic mass is 33.1. The summed E-state index contributed by atoms with van der Waals surface area (Å²) >= 11 is 30.8. The fraction of sp³-hybridized carbons (Fsp3) is 0.423. The summed E-state index contributed by atoms with van der Waals surface area (Å²) in [6, 6.07) is 54.0. The Hall–Kier alpha value is -8.44. The SMILES string of the molecule is CCC(=O)[C@@H](N)CS.CCC(=O)[C@H](N)CC.CCOC(=O)[C@@H](N)CS.CCOC(=O)[C@H](N)CS.CC[C@@H](N)C(=O)c1ccccc1.COC(=O)C(N)CSSCC(N)C(=O)Oc1ccccc1.COC(=O)[C@@H](N)CS.COC(=O)[C@H](N)CS.N[C@@H](CS)C(=O)Oc1ccccc1.N[C@@H](CS)C(=O)c1ccccc1.N[C@@H](CSSC[C@H](N)C(=O)Oc1ccccc1)C(=O)Oc1ccccc1.N[C@H](CS)C(=O)Oc1ccccc1. The first-order valence-corrected chi connectivity index (χ1v) is 55.0. The number of thiol groups is 8. The molecule has 14 atom stereocenters. The van der Waals surface area contributed by atoms with Crippen LogP contribution in [0.1, 0.15) is 87.9 Å². The smallest absolute Gasteiger partial charge is 0.329 e. The quantitative estimate of drug-likeness (QED) is 0.00353. The van der Waals surface area contributed by atoms with E-state index < -0.39 is 114 Å². The van der Waals surface area contributed by atoms with Crippen molar-refractivity contribution in [3.05, 3.63) is 223 Å². The molecule has 7 aromatic rings. The maximum absolute atomic E-state index is 11.9. The van der Waals surface area contributed by atoms with Gasteiger partial charge in [0.1, 0.15) is 101 Å². The fourth-order valence-electron chi connectivity index (χ4n) is 8.31. The van der Waals surface area contributed by atoms with Crippen molar-refractivity contribution in [2.45, 2.75) is 152 Å². The third-order valence-electron chi connectivity index (χ3n) is 16.9. The highest BCUT2D eigenvalue weighted by molar-refractivity contribution is 8.77. The van der Waals surface area contributed by atoms with E-state index in [1.807, 2.05) is 87.5 Å². The number of nitrogens with two attached hydrogens (primary N) is 14. The lowest BCUT2D eigenvalue weighted by Gasteiger charge is -2.12. The molecule has 7 aromatic carbocycles. The molecule has 0 radical (unpaired) electrons. The van der Waals surface area contributed by atoms with Crippen LogP contribution in [0, 0.1) is 0 Å². The van der Waals surface area contributed by atoms with Gasteiger partial charge >= 0.3 is 59.7 Å². The monoisotopic (exact) mass is 2280 g/mol. The van der Waals surface area contributed by atoms with E-state index in [-0.39, 0.29) is 64.7 Å². The van der Waals surface area contributed by atoms with E-state index in [2.05, 4.69) is 125 Å². The Morgan fingerprint density at radius 3 is 0.578 bits per heavy atom. The molecule has 0 saturated carbocycles. The first-order valence-electron chi connectivity index (χ1n) is 45.0. The Morgan fingerprint density at radius 1 is 0.224 bits per heavy atom. The third-order valence-corrected chi connectivity index (χ3v) is 25.0. The first kappa shape index (κ1) is 147. The number of carbonyl (C=O) groups is 14. The Kier molecular flexibility index (Phi) is 95.9. The predicted molar refractivity (Wildman–Crippen MR) is 615 cm³/mol. The van der Waals surface area contributed by atoms with Crippen LogP contribution in [0.3, 0.4) is 0 Å². The van der Waals surface area contributed by atoms with Gasteiger partial charge in [-0.3, -0.25) is 43.2 Å². The molecule has 38 nitrogen and oxygen atoms in total. The van der Waals surface area contributed by atoms with Crippen LogP contribution in [-0.4, -0.2) is 271 Å². The van der Waals surface area contributed by atoms with Gasteiger partial charge in [0, 0.05) is 93.0 Å². The summed E-state index contributed by atoms with van der Waals surface area (Å²) < 4.78 is 47.6. The lowest BCUT2D eigenvalue weighted by Crippen LogP contribution is -2.37. The molecule has 0 saturated heterocycles. The number of ketones is 4. The van der Waals surface area contributed by atoms with Gasteiger partial charge in [0.15, 0.2) is 11.6 Å². The van der Waals surface area contributed by atoms with Crippen LogP contribution in [0.4, 0.5) is 0 Å². The summed E-state index contributed by atoms with van der Waals surface area (Å²) in [6.45, 7) is 11.7. The largest absolute Gasteiger partial charge is 0.468 e. The molecule has 0 fully saturated rings. The van der Waals surface area contributed by atoms with Crippen molar-refractivity contribution in [3.63, 3.8) is 0 Å². The van der Waals surface area contributed by atoms with E-state index in [4.69, 9.17) is 104 Å². The molecule has 7 rings (SSSR count). The zero-order valence-electron chi connectivity index (χ0n) is 83.6. The van der Waals surface area contributed by atoms with Crippen molar-refractivity contribution in [2.24, 2.45) is 80.3 Å². The van der Waals surface area contributed by atoms with Crippen LogP contribution in [0.5, 0.6) is 28.7 Å². The molecule has 822 valence electrons. The van der Waals surface area contributed by atoms with Gasteiger partial charge in [0.05, 0.1) is 58.7 Å². The van der Waals surface area contributed by atoms with Crippen molar-refractivity contribution in [1.29, 1.82) is 0 Å². The van der Waals surface area contributed by atoms with E-state index in [0.29, 0.717) is 130 Å². The Balaban J connectivity index is -0.000000511. The highest BCUT2D eigenvalue weighted by Crippen LogP contribution is 2.25. The number of carbonyl (C=O) groups excluding carboxylic acids is 14. The van der Waals surface area contributed by atoms with Gasteiger partial charge < -0.3 is 128 Å². The van der Waals surface area contributed by atoms with Gasteiger partial charge in [-0.05, 0) is 87.4 Å². The summed E-state index contributed by atoms with van der Waals surface area (Å²) in [5.74, 6) is 2.28. The zero-order chi connectivity index (χ0) is 113. The molecular weight excluding hydrogens is 2130 g/mol. The Morgan fingerprint density at radius 2 is 0.401 bits per heavy atom. The number of rotatable bonds is 45. The number of hydrogen-bond donors (Lipinski definition) is 22. The number of esters is 10. The number of para-hydroxylation sites is 5. The summed E-state index contributed by atoms with van der Waals surface area (Å²) in [5.41, 5.74) is 77.8. The Bertz CT molecular complexity index is 4390. The summed E-state index contributed by atoms with van der Waals surface area (Å²) in [7, 11) is 9.31. The Labute approximate surface area is 922 Å². The van der Waals surface area contributed by atoms with Crippen LogP contribution in [-0.2, 0) is 81.2 Å². The second kappa shape index (κ2) is 95.9. The molecule has 28 N–H and O–H groups in total. The van der Waals surface area contributed by atoms with Crippen molar-refractivity contribution in [3.8, 4) is 28.7 Å². The maximum Gasteiger partial charge on any atom is 0.329 e. The molecule has 0 spiro atoms. The van der Waals surface area contributed by atoms with Crippen molar-refractivity contribution in [2.75, 3.05) is 104 Å². The van der Waals surface area contributed by atoms with Crippen LogP contribution >= 0.6 is 144 Å². The van der Waals surface area contributed by atoms with E-state index in [9.17, 15) is 67.1 Å². The lowest BCUT2D eigenvalue weighted by atomic mass is 10.0. The van der Waals surface area contributed by atoms with Crippen LogP contribution in [0.25, 0.3) is 0 Å². The van der Waals surface area contributed by atoms with Crippen LogP contribution < -0.4 is 104 Å². The number of Topliss-reactive ketones (excluding diaryl/α,β-unsaturated/α-hetero) is 4. The first-order chi connectivity index (χ1) is 69.9. The molecule has 0 heterocycles. The number of hydrogen-bond acceptors (Lipinski definition) is 50. The summed E-state index contributed by atoms with van der Waals surface area (Å²) in [6.07, 6.45) is 2.52. The lowest BCUT2D eigenvalue weighted by molar-refractivity contribution is -0.144. The molecule has 2 unspecified atom stereocenters. The van der Waals surface area contributed by atoms with Gasteiger partial charge in [-0.1, -0.05) is 223 Å². The van der Waals surface area contributed by atoms with Crippen molar-refractivity contribution >= 4 is 227 Å². The van der Waals surface area contributed by atoms with Gasteiger partial charge in [-0.2, -0.15) is 101 Å². The van der Waals surface area contributed by atoms with Gasteiger partial charge in [0.2, 0.25) is 0 Å². The van der Waals surface area contributed by atoms with Crippen LogP contribution in [0.2, 0.25) is 0 Å². The van der Waals surface area contributed by atoms with Crippen molar-refractivity contribution in [1.82, 2.24) is 0 Å². The standard InChI is InChI=1S/C18H20N2O4S2.C13H18N2O4S2.C10H13NO.2C9H11NO2S.C9H11NOS.C6H13NO.2C5H11NO2S.C5H11NOS.2C4H9NO2S/c19-15(17(21)23-13-7-3-1-4-8-13)11-25-26-12-16(20)18(22)24-14-9-5-2-6-10-14;1-18-12(16)10(14)7-20-21-8-11(15)13(17)19-9-5-3-2-4-6-9;1-2-9(11)10(12)8-6-4-3-5-7-8;2*10-8(6-13)9(11)12-7-4-2-1-3-5-7;10-8(6-12)9(11)7-4-2-1-3-5-7;1-3-5(7)6(8)4-2;2*1-2-8-5(7)4(6)3-9;1-2-5(7)4(6)3-8;2*1-7-4(6)3(5)2-8/h1-10,15-16H,11-12,19-20H2;2-6,10-11H,7-8,14-15H2,1H3;3-7,9H,2,11H2,1H3;2*1-5,8,13H,6,10H2;1-5,8,12H,6,10H2;5H,3-4,7H2,1-2H3;2*4,9H,2-3,6H2,1H3;4,8H,2-3,6H2,1H3;2*3,8H,2,5H2,1H3/t15-,16-;;9-;3*8-;5-;3*4-;2*3-/m0.1100110010/s1. The number of methoxy groups -OCH3 is 3. The molecule has 0 aromatic heterocycles. The van der Waals surface area contributed by atoms with Gasteiger partial charge in [0.25, 0.3) is 0 Å². The average molecular weight is 2280 g/mol. The van der Waals surface area contributed by atoms with Crippen LogP contribution in [0.15, 0.2) is 212 Å². The predicted octanol–water partition coefficient (Wildman–Crippen LogP) is 6.84. The number of benzene rings is 7. The third kappa shape index (κ3) is 76.7. The molecule has 0 aliphatic heterocycles. The summed E-state index contributed by atoms with van der Waals surface area (Å²) in [4.78, 5) is 155. The average Bonchev–Trinajstić information content (AvgIpc) is 0.900. The van der Waals surface area contributed by atoms with Gasteiger partial charge in [-0.25, -0.2) is 24.0 Å². The molecule has 0 aliphatic carbocycles. The second-order valence-electron chi connectivity index (χ2n) is 28.8. The van der Waals surface area contributed by atoms with Gasteiger partial charge in [-0.15, -0.1) is 0 Å². The van der Waals surface area contributed by atoms with Crippen molar-refractivity contribution < 1.29 is 114 Å². The van der Waals surface area contributed by atoms with E-state index in [0.717, 1.165) is 6.42 Å². The highest BCUT2D eigenvalue weighted by Gasteiger charge is 2.24. The molecular formula is C97H148N14O24S12. The zero-order valence-corrected chi connectivity index (χ0v) is 94.0. The molecule has 50 heteroatoms. The van der Waals surface area contributed by atoms with E-state index in [1.165, 1.54) is 64.5 Å². The fourth-order valence-corrected chi connectivity index (χ4v) is 14.0. The minimum absolute atomic E-state index is 0.0260. The number of ether oxygens (including phenoxy) is 10. The topological polar surface area (TPSA) is 696 Å². The summed E-state index contributed by atoms with van der Waals surface area (Å²) in [5, 5.41) is 0. The molecule has 0 aliphatic rings.